The zero-order valence-electron chi connectivity index (χ0n) is 17.1. The maximum absolute atomic E-state index is 12.8. The summed E-state index contributed by atoms with van der Waals surface area (Å²) in [6.45, 7) is 7.91. The van der Waals surface area contributed by atoms with E-state index in [-0.39, 0.29) is 16.6 Å². The molecule has 0 aliphatic heterocycles. The molecule has 0 saturated heterocycles. The summed E-state index contributed by atoms with van der Waals surface area (Å²) in [5.41, 5.74) is 1.84. The first-order valence-corrected chi connectivity index (χ1v) is 12.7. The molecule has 0 radical (unpaired) electrons. The molecule has 3 aromatic rings. The molecule has 0 bridgehead atoms. The van der Waals surface area contributed by atoms with Crippen molar-refractivity contribution >= 4 is 44.0 Å². The maximum Gasteiger partial charge on any atom is 0.239 e. The number of carbonyl (C=O) groups is 1. The lowest BCUT2D eigenvalue weighted by Crippen LogP contribution is -2.23. The van der Waals surface area contributed by atoms with Crippen molar-refractivity contribution in [2.24, 2.45) is 0 Å². The van der Waals surface area contributed by atoms with Crippen molar-refractivity contribution in [1.82, 2.24) is 19.7 Å². The number of anilines is 1. The normalized spacial score (nSPS) is 12.7. The van der Waals surface area contributed by atoms with Gasteiger partial charge in [0.15, 0.2) is 20.1 Å². The van der Waals surface area contributed by atoms with Crippen molar-refractivity contribution in [3.8, 4) is 0 Å². The summed E-state index contributed by atoms with van der Waals surface area (Å²) < 4.78 is 27.3. The number of carbonyl (C=O) groups excluding carboxylic acids is 1. The van der Waals surface area contributed by atoms with Crippen molar-refractivity contribution in [2.45, 2.75) is 55.3 Å². The van der Waals surface area contributed by atoms with E-state index in [1.165, 1.54) is 23.1 Å². The average molecular weight is 466 g/mol. The van der Waals surface area contributed by atoms with Gasteiger partial charge in [-0.05, 0) is 39.8 Å². The third kappa shape index (κ3) is 5.27. The van der Waals surface area contributed by atoms with E-state index in [9.17, 15) is 13.2 Å². The van der Waals surface area contributed by atoms with Crippen LogP contribution in [-0.4, -0.2) is 39.3 Å². The fourth-order valence-electron chi connectivity index (χ4n) is 2.66. The van der Waals surface area contributed by atoms with Crippen LogP contribution in [0.15, 0.2) is 39.7 Å². The molecule has 0 aliphatic rings. The summed E-state index contributed by atoms with van der Waals surface area (Å²) in [5.74, 6) is -0.103. The number of sulfone groups is 1. The second-order valence-corrected chi connectivity index (χ2v) is 10.9. The number of aryl methyl sites for hydroxylation is 2. The molecular weight excluding hydrogens is 442 g/mol. The Kier molecular flexibility index (Phi) is 6.94. The summed E-state index contributed by atoms with van der Waals surface area (Å²) in [4.78, 5) is 16.9. The van der Waals surface area contributed by atoms with E-state index >= 15 is 0 Å². The van der Waals surface area contributed by atoms with Crippen molar-refractivity contribution in [3.63, 3.8) is 0 Å². The Hall–Kier alpha value is -2.24. The topological polar surface area (TPSA) is 107 Å². The van der Waals surface area contributed by atoms with E-state index in [2.05, 4.69) is 20.5 Å². The van der Waals surface area contributed by atoms with Gasteiger partial charge in [0.25, 0.3) is 0 Å². The highest BCUT2D eigenvalue weighted by Gasteiger charge is 2.24. The number of rotatable bonds is 8. The van der Waals surface area contributed by atoms with Gasteiger partial charge < -0.3 is 9.88 Å². The standard InChI is InChI=1S/C19H23N5O3S3/c1-5-24-16(11-30(26,27)15-8-6-12(2)7-9-15)22-23-19(24)29-14(4)17(25)21-18-20-13(3)10-28-18/h6-10,14H,5,11H2,1-4H3,(H,20,21,25). The predicted octanol–water partition coefficient (Wildman–Crippen LogP) is 3.46. The van der Waals surface area contributed by atoms with Crippen LogP contribution in [0.25, 0.3) is 0 Å². The van der Waals surface area contributed by atoms with Crippen LogP contribution < -0.4 is 5.32 Å². The van der Waals surface area contributed by atoms with Gasteiger partial charge >= 0.3 is 0 Å². The lowest BCUT2D eigenvalue weighted by molar-refractivity contribution is -0.115. The largest absolute Gasteiger partial charge is 0.305 e. The Morgan fingerprint density at radius 3 is 2.53 bits per heavy atom. The molecular formula is C19H23N5O3S3. The Labute approximate surface area is 184 Å². The van der Waals surface area contributed by atoms with Crippen LogP contribution in [0.5, 0.6) is 0 Å². The van der Waals surface area contributed by atoms with Gasteiger partial charge in [-0.2, -0.15) is 0 Å². The summed E-state index contributed by atoms with van der Waals surface area (Å²) in [5, 5.41) is 13.5. The molecule has 1 amide bonds. The third-order valence-corrected chi connectivity index (χ3v) is 7.89. The third-order valence-electron chi connectivity index (χ3n) is 4.31. The van der Waals surface area contributed by atoms with Crippen LogP contribution in [0.2, 0.25) is 0 Å². The molecule has 1 atom stereocenters. The van der Waals surface area contributed by atoms with Gasteiger partial charge in [-0.1, -0.05) is 29.5 Å². The minimum absolute atomic E-state index is 0.200. The molecule has 0 saturated carbocycles. The number of nitrogens with one attached hydrogen (secondary N) is 1. The lowest BCUT2D eigenvalue weighted by atomic mass is 10.2. The van der Waals surface area contributed by atoms with Gasteiger partial charge in [-0.25, -0.2) is 13.4 Å². The Morgan fingerprint density at radius 1 is 1.23 bits per heavy atom. The van der Waals surface area contributed by atoms with Gasteiger partial charge in [-0.3, -0.25) is 4.79 Å². The van der Waals surface area contributed by atoms with E-state index < -0.39 is 15.1 Å². The maximum atomic E-state index is 12.8. The van der Waals surface area contributed by atoms with E-state index in [0.717, 1.165) is 11.3 Å². The molecule has 30 heavy (non-hydrogen) atoms. The van der Waals surface area contributed by atoms with Crippen LogP contribution in [-0.2, 0) is 26.9 Å². The van der Waals surface area contributed by atoms with Crippen molar-refractivity contribution < 1.29 is 13.2 Å². The first kappa shape index (κ1) is 22.4. The zero-order chi connectivity index (χ0) is 21.9. The molecule has 160 valence electrons. The number of aromatic nitrogens is 4. The van der Waals surface area contributed by atoms with Crippen LogP contribution in [0.4, 0.5) is 5.13 Å². The Morgan fingerprint density at radius 2 is 1.93 bits per heavy atom. The van der Waals surface area contributed by atoms with Crippen molar-refractivity contribution in [3.05, 3.63) is 46.7 Å². The fourth-order valence-corrected chi connectivity index (χ4v) is 5.55. The average Bonchev–Trinajstić information content (AvgIpc) is 3.27. The number of hydrogen-bond donors (Lipinski definition) is 1. The van der Waals surface area contributed by atoms with Crippen LogP contribution in [0, 0.1) is 13.8 Å². The molecule has 0 spiro atoms. The molecule has 0 fully saturated rings. The fraction of sp³-hybridized carbons (Fsp3) is 0.368. The number of thioether (sulfide) groups is 1. The van der Waals surface area contributed by atoms with Crippen LogP contribution in [0.3, 0.4) is 0 Å². The summed E-state index contributed by atoms with van der Waals surface area (Å²) in [6, 6.07) is 6.73. The van der Waals surface area contributed by atoms with Crippen molar-refractivity contribution in [2.75, 3.05) is 5.32 Å². The minimum Gasteiger partial charge on any atom is -0.305 e. The molecule has 1 N–H and O–H groups in total. The van der Waals surface area contributed by atoms with Gasteiger partial charge in [0.05, 0.1) is 15.8 Å². The summed E-state index contributed by atoms with van der Waals surface area (Å²) >= 11 is 2.60. The van der Waals surface area contributed by atoms with Gasteiger partial charge in [-0.15, -0.1) is 21.5 Å². The van der Waals surface area contributed by atoms with Crippen molar-refractivity contribution in [1.29, 1.82) is 0 Å². The molecule has 0 aliphatic carbocycles. The highest BCUT2D eigenvalue weighted by atomic mass is 32.2. The second kappa shape index (κ2) is 9.27. The molecule has 1 aromatic carbocycles. The first-order chi connectivity index (χ1) is 14.2. The molecule has 3 rings (SSSR count). The van der Waals surface area contributed by atoms with Gasteiger partial charge in [0.1, 0.15) is 11.6 Å². The number of hydrogen-bond acceptors (Lipinski definition) is 8. The van der Waals surface area contributed by atoms with Gasteiger partial charge in [0, 0.05) is 11.9 Å². The molecule has 2 aromatic heterocycles. The Bertz CT molecular complexity index is 1140. The number of nitrogens with zero attached hydrogens (tertiary/aromatic N) is 4. The zero-order valence-corrected chi connectivity index (χ0v) is 19.6. The van der Waals surface area contributed by atoms with Gasteiger partial charge in [0.2, 0.25) is 5.91 Å². The predicted molar refractivity (Wildman–Crippen MR) is 119 cm³/mol. The smallest absolute Gasteiger partial charge is 0.239 e. The van der Waals surface area contributed by atoms with E-state index in [1.54, 1.807) is 35.8 Å². The van der Waals surface area contributed by atoms with Crippen LogP contribution >= 0.6 is 23.1 Å². The minimum atomic E-state index is -3.55. The number of thiazole rings is 1. The quantitative estimate of drug-likeness (QED) is 0.508. The molecule has 11 heteroatoms. The van der Waals surface area contributed by atoms with E-state index in [4.69, 9.17) is 0 Å². The highest BCUT2D eigenvalue weighted by Crippen LogP contribution is 2.26. The Balaban J connectivity index is 1.73. The lowest BCUT2D eigenvalue weighted by Gasteiger charge is -2.12. The van der Waals surface area contributed by atoms with E-state index in [0.29, 0.717) is 22.7 Å². The molecule has 1 unspecified atom stereocenters. The SMILES string of the molecule is CCn1c(CS(=O)(=O)c2ccc(C)cc2)nnc1SC(C)C(=O)Nc1nc(C)cs1. The molecule has 2 heterocycles. The number of benzene rings is 1. The molecule has 8 nitrogen and oxygen atoms in total. The summed E-state index contributed by atoms with van der Waals surface area (Å²) in [6.07, 6.45) is 0. The second-order valence-electron chi connectivity index (χ2n) is 6.76. The highest BCUT2D eigenvalue weighted by molar-refractivity contribution is 8.00. The number of amides is 1. The van der Waals surface area contributed by atoms with E-state index in [1.807, 2.05) is 26.2 Å². The monoisotopic (exact) mass is 465 g/mol. The first-order valence-electron chi connectivity index (χ1n) is 9.30. The summed E-state index contributed by atoms with van der Waals surface area (Å²) in [7, 11) is -3.55. The van der Waals surface area contributed by atoms with Crippen LogP contribution in [0.1, 0.15) is 30.9 Å².